The van der Waals surface area contributed by atoms with Crippen molar-refractivity contribution in [1.29, 1.82) is 0 Å². The SMILES string of the molecule is CCC(C)(C)C[C@H]1CN(c2ccccc2Oc2ccccc2OCc2ccccc2)C(=O)CN1C(=O)OC(C)(C)C. The van der Waals surface area contributed by atoms with Gasteiger partial charge >= 0.3 is 6.09 Å². The molecule has 41 heavy (non-hydrogen) atoms. The van der Waals surface area contributed by atoms with Crippen LogP contribution < -0.4 is 14.4 Å². The first-order valence-corrected chi connectivity index (χ1v) is 14.3. The van der Waals surface area contributed by atoms with Crippen molar-refractivity contribution < 1.29 is 23.8 Å². The summed E-state index contributed by atoms with van der Waals surface area (Å²) in [7, 11) is 0. The summed E-state index contributed by atoms with van der Waals surface area (Å²) in [5.74, 6) is 1.51. The Morgan fingerprint density at radius 1 is 0.854 bits per heavy atom. The van der Waals surface area contributed by atoms with Gasteiger partial charge in [0.05, 0.1) is 11.7 Å². The molecule has 4 rings (SSSR count). The first-order valence-electron chi connectivity index (χ1n) is 14.3. The Morgan fingerprint density at radius 2 is 1.46 bits per heavy atom. The molecule has 0 aromatic heterocycles. The first-order chi connectivity index (χ1) is 19.5. The molecule has 0 radical (unpaired) electrons. The van der Waals surface area contributed by atoms with E-state index in [1.807, 2.05) is 99.6 Å². The molecule has 1 saturated heterocycles. The highest BCUT2D eigenvalue weighted by atomic mass is 16.6. The number of nitrogens with zero attached hydrogens (tertiary/aromatic N) is 2. The molecule has 1 aliphatic heterocycles. The number of ether oxygens (including phenoxy) is 3. The summed E-state index contributed by atoms with van der Waals surface area (Å²) in [6.45, 7) is 12.7. The lowest BCUT2D eigenvalue weighted by Crippen LogP contribution is -2.59. The maximum absolute atomic E-state index is 13.6. The lowest BCUT2D eigenvalue weighted by molar-refractivity contribution is -0.122. The van der Waals surface area contributed by atoms with E-state index in [0.717, 1.165) is 18.4 Å². The highest BCUT2D eigenvalue weighted by molar-refractivity contribution is 5.98. The number of amides is 2. The van der Waals surface area contributed by atoms with Gasteiger partial charge in [0.15, 0.2) is 17.2 Å². The zero-order valence-electron chi connectivity index (χ0n) is 25.1. The molecule has 0 aliphatic carbocycles. The van der Waals surface area contributed by atoms with E-state index in [0.29, 0.717) is 36.1 Å². The van der Waals surface area contributed by atoms with Crippen LogP contribution in [-0.4, -0.2) is 41.6 Å². The Bertz CT molecular complexity index is 1330. The summed E-state index contributed by atoms with van der Waals surface area (Å²) in [4.78, 5) is 30.1. The van der Waals surface area contributed by atoms with Gasteiger partial charge in [-0.3, -0.25) is 9.69 Å². The third-order valence-electron chi connectivity index (χ3n) is 7.28. The van der Waals surface area contributed by atoms with Gasteiger partial charge in [-0.15, -0.1) is 0 Å². The fourth-order valence-electron chi connectivity index (χ4n) is 4.77. The molecule has 1 heterocycles. The zero-order valence-corrected chi connectivity index (χ0v) is 25.1. The van der Waals surface area contributed by atoms with E-state index < -0.39 is 11.7 Å². The van der Waals surface area contributed by atoms with Crippen LogP contribution in [0.4, 0.5) is 10.5 Å². The number of carbonyl (C=O) groups is 2. The molecule has 1 fully saturated rings. The Hall–Kier alpha value is -4.00. The summed E-state index contributed by atoms with van der Waals surface area (Å²) >= 11 is 0. The van der Waals surface area contributed by atoms with Crippen LogP contribution in [0.25, 0.3) is 0 Å². The van der Waals surface area contributed by atoms with E-state index in [1.54, 1.807) is 9.80 Å². The van der Waals surface area contributed by atoms with Crippen molar-refractivity contribution in [2.75, 3.05) is 18.0 Å². The summed E-state index contributed by atoms with van der Waals surface area (Å²) < 4.78 is 18.2. The van der Waals surface area contributed by atoms with Gasteiger partial charge in [-0.1, -0.05) is 81.8 Å². The lowest BCUT2D eigenvalue weighted by atomic mass is 9.82. The molecule has 7 nitrogen and oxygen atoms in total. The Labute approximate surface area is 244 Å². The molecule has 0 bridgehead atoms. The fourth-order valence-corrected chi connectivity index (χ4v) is 4.77. The van der Waals surface area contributed by atoms with Gasteiger partial charge in [0.1, 0.15) is 18.8 Å². The number of anilines is 1. The molecular formula is C34H42N2O5. The van der Waals surface area contributed by atoms with Crippen molar-refractivity contribution in [3.8, 4) is 17.2 Å². The molecule has 218 valence electrons. The van der Waals surface area contributed by atoms with Crippen molar-refractivity contribution in [2.45, 2.75) is 72.6 Å². The van der Waals surface area contributed by atoms with E-state index in [4.69, 9.17) is 14.2 Å². The third-order valence-corrected chi connectivity index (χ3v) is 7.28. The minimum atomic E-state index is -0.654. The van der Waals surface area contributed by atoms with Crippen LogP contribution in [0.1, 0.15) is 59.9 Å². The van der Waals surface area contributed by atoms with E-state index in [-0.39, 0.29) is 23.9 Å². The molecule has 0 N–H and O–H groups in total. The van der Waals surface area contributed by atoms with Gasteiger partial charge in [-0.2, -0.15) is 0 Å². The van der Waals surface area contributed by atoms with Crippen LogP contribution in [0.2, 0.25) is 0 Å². The van der Waals surface area contributed by atoms with E-state index in [9.17, 15) is 9.59 Å². The van der Waals surface area contributed by atoms with Gasteiger partial charge in [-0.25, -0.2) is 4.79 Å². The highest BCUT2D eigenvalue weighted by Crippen LogP contribution is 2.39. The maximum Gasteiger partial charge on any atom is 0.411 e. The Morgan fingerprint density at radius 3 is 2.12 bits per heavy atom. The molecule has 3 aromatic carbocycles. The molecule has 3 aromatic rings. The largest absolute Gasteiger partial charge is 0.485 e. The van der Waals surface area contributed by atoms with Crippen LogP contribution >= 0.6 is 0 Å². The number of hydrogen-bond donors (Lipinski definition) is 0. The van der Waals surface area contributed by atoms with Crippen molar-refractivity contribution in [2.24, 2.45) is 5.41 Å². The van der Waals surface area contributed by atoms with E-state index >= 15 is 0 Å². The number of para-hydroxylation sites is 4. The average molecular weight is 559 g/mol. The van der Waals surface area contributed by atoms with Gasteiger partial charge in [-0.05, 0) is 62.4 Å². The summed E-state index contributed by atoms with van der Waals surface area (Å²) in [5.41, 5.74) is 1.02. The molecule has 0 saturated carbocycles. The van der Waals surface area contributed by atoms with E-state index in [2.05, 4.69) is 20.8 Å². The minimum Gasteiger partial charge on any atom is -0.485 e. The standard InChI is InChI=1S/C34H42N2O5/c1-7-34(5,6)21-26-22-36(31(37)23-35(26)32(38)41-33(2,3)4)27-17-11-12-18-28(27)40-30-20-14-13-19-29(30)39-24-25-15-9-8-10-16-25/h8-20,26H,7,21-24H2,1-6H3/t26-/m0/s1. The topological polar surface area (TPSA) is 68.3 Å². The predicted molar refractivity (Wildman–Crippen MR) is 162 cm³/mol. The van der Waals surface area contributed by atoms with Crippen LogP contribution in [0, 0.1) is 5.41 Å². The predicted octanol–water partition coefficient (Wildman–Crippen LogP) is 7.84. The van der Waals surface area contributed by atoms with Crippen LogP contribution in [-0.2, 0) is 16.1 Å². The first kappa shape index (κ1) is 30.0. The quantitative estimate of drug-likeness (QED) is 0.268. The van der Waals surface area contributed by atoms with Gasteiger partial charge < -0.3 is 19.1 Å². The summed E-state index contributed by atoms with van der Waals surface area (Å²) in [6.07, 6.45) is 1.21. The average Bonchev–Trinajstić information content (AvgIpc) is 2.93. The second-order valence-electron chi connectivity index (χ2n) is 12.3. The fraction of sp³-hybridized carbons (Fsp3) is 0.412. The monoisotopic (exact) mass is 558 g/mol. The van der Waals surface area contributed by atoms with Crippen molar-refractivity contribution in [3.05, 3.63) is 84.4 Å². The van der Waals surface area contributed by atoms with Crippen LogP contribution in [0.3, 0.4) is 0 Å². The van der Waals surface area contributed by atoms with E-state index in [1.165, 1.54) is 0 Å². The number of benzene rings is 3. The third kappa shape index (κ3) is 8.03. The normalized spacial score (nSPS) is 16.0. The molecular weight excluding hydrogens is 516 g/mol. The molecule has 0 spiro atoms. The van der Waals surface area contributed by atoms with Crippen molar-refractivity contribution >= 4 is 17.7 Å². The molecule has 0 unspecified atom stereocenters. The number of carbonyl (C=O) groups excluding carboxylic acids is 2. The zero-order chi connectivity index (χ0) is 29.6. The maximum atomic E-state index is 13.6. The van der Waals surface area contributed by atoms with Gasteiger partial charge in [0, 0.05) is 6.54 Å². The highest BCUT2D eigenvalue weighted by Gasteiger charge is 2.40. The van der Waals surface area contributed by atoms with Gasteiger partial charge in [0.25, 0.3) is 0 Å². The number of hydrogen-bond acceptors (Lipinski definition) is 5. The van der Waals surface area contributed by atoms with Crippen LogP contribution in [0.5, 0.6) is 17.2 Å². The Balaban J connectivity index is 1.59. The van der Waals surface area contributed by atoms with Crippen LogP contribution in [0.15, 0.2) is 78.9 Å². The molecule has 1 atom stereocenters. The summed E-state index contributed by atoms with van der Waals surface area (Å²) in [5, 5.41) is 0. The van der Waals surface area contributed by atoms with Crippen molar-refractivity contribution in [1.82, 2.24) is 4.90 Å². The summed E-state index contributed by atoms with van der Waals surface area (Å²) in [6, 6.07) is 24.7. The Kier molecular flexibility index (Phi) is 9.26. The second kappa shape index (κ2) is 12.7. The van der Waals surface area contributed by atoms with Gasteiger partial charge in [0.2, 0.25) is 5.91 Å². The lowest BCUT2D eigenvalue weighted by Gasteiger charge is -2.44. The smallest absolute Gasteiger partial charge is 0.411 e. The van der Waals surface area contributed by atoms with Crippen molar-refractivity contribution in [3.63, 3.8) is 0 Å². The molecule has 1 aliphatic rings. The number of piperazine rings is 1. The minimum absolute atomic E-state index is 0.0258. The molecule has 2 amide bonds. The molecule has 7 heteroatoms. The second-order valence-corrected chi connectivity index (χ2v) is 12.3. The number of rotatable bonds is 9.